The predicted molar refractivity (Wildman–Crippen MR) is 135 cm³/mol. The predicted octanol–water partition coefficient (Wildman–Crippen LogP) is 3.79. The second-order valence-electron chi connectivity index (χ2n) is 9.64. The number of carbonyl (C=O) groups is 2. The van der Waals surface area contributed by atoms with Crippen LogP contribution in [0, 0.1) is 0 Å². The minimum atomic E-state index is -0.589. The van der Waals surface area contributed by atoms with Gasteiger partial charge in [-0.05, 0) is 47.0 Å². The molecular formula is C29H25N3O5. The SMILES string of the molecule is COc1ccc([C@@H]2c3[nH]c4ccccc4c3C[C@H]3C(=O)N(Cc4ccc5c(c4)OCO5)CC(=O)N23)cc1. The molecule has 3 aliphatic heterocycles. The molecule has 4 aromatic rings. The molecule has 186 valence electrons. The summed E-state index contributed by atoms with van der Waals surface area (Å²) in [6.45, 7) is 0.544. The van der Waals surface area contributed by atoms with E-state index in [2.05, 4.69) is 11.1 Å². The van der Waals surface area contributed by atoms with Gasteiger partial charge in [0.25, 0.3) is 0 Å². The highest BCUT2D eigenvalue weighted by atomic mass is 16.7. The minimum absolute atomic E-state index is 0.0198. The van der Waals surface area contributed by atoms with Gasteiger partial charge in [-0.2, -0.15) is 0 Å². The first-order valence-corrected chi connectivity index (χ1v) is 12.3. The summed E-state index contributed by atoms with van der Waals surface area (Å²) in [5.41, 5.74) is 4.89. The van der Waals surface area contributed by atoms with E-state index in [1.54, 1.807) is 16.9 Å². The highest BCUT2D eigenvalue weighted by Crippen LogP contribution is 2.43. The van der Waals surface area contributed by atoms with Crippen molar-refractivity contribution in [2.24, 2.45) is 0 Å². The Morgan fingerprint density at radius 1 is 1.00 bits per heavy atom. The Morgan fingerprint density at radius 2 is 1.81 bits per heavy atom. The van der Waals surface area contributed by atoms with Gasteiger partial charge in [-0.15, -0.1) is 0 Å². The molecule has 37 heavy (non-hydrogen) atoms. The number of carbonyl (C=O) groups excluding carboxylic acids is 2. The summed E-state index contributed by atoms with van der Waals surface area (Å²) in [6, 6.07) is 20.5. The number of aromatic amines is 1. The largest absolute Gasteiger partial charge is 0.497 e. The normalized spacial score (nSPS) is 20.2. The van der Waals surface area contributed by atoms with Crippen molar-refractivity contribution >= 4 is 22.7 Å². The van der Waals surface area contributed by atoms with Crippen LogP contribution in [-0.2, 0) is 22.6 Å². The Kier molecular flexibility index (Phi) is 4.89. The van der Waals surface area contributed by atoms with E-state index in [9.17, 15) is 9.59 Å². The lowest BCUT2D eigenvalue weighted by atomic mass is 9.86. The van der Waals surface area contributed by atoms with Crippen molar-refractivity contribution < 1.29 is 23.8 Å². The van der Waals surface area contributed by atoms with Crippen LogP contribution in [0.3, 0.4) is 0 Å². The number of nitrogens with one attached hydrogen (secondary N) is 1. The van der Waals surface area contributed by atoms with Crippen molar-refractivity contribution in [2.75, 3.05) is 20.4 Å². The fraction of sp³-hybridized carbons (Fsp3) is 0.241. The summed E-state index contributed by atoms with van der Waals surface area (Å²) in [6.07, 6.45) is 0.466. The van der Waals surface area contributed by atoms with Crippen LogP contribution in [0.1, 0.15) is 28.4 Å². The van der Waals surface area contributed by atoms with Gasteiger partial charge in [0.15, 0.2) is 11.5 Å². The number of benzene rings is 3. The summed E-state index contributed by atoms with van der Waals surface area (Å²) in [5.74, 6) is 1.97. The van der Waals surface area contributed by atoms with E-state index in [0.29, 0.717) is 24.5 Å². The van der Waals surface area contributed by atoms with E-state index in [-0.39, 0.29) is 25.2 Å². The smallest absolute Gasteiger partial charge is 0.246 e. The van der Waals surface area contributed by atoms with Gasteiger partial charge >= 0.3 is 0 Å². The van der Waals surface area contributed by atoms with Gasteiger partial charge in [-0.3, -0.25) is 9.59 Å². The van der Waals surface area contributed by atoms with Crippen molar-refractivity contribution in [2.45, 2.75) is 25.0 Å². The van der Waals surface area contributed by atoms with Gasteiger partial charge in [0, 0.05) is 29.6 Å². The standard InChI is InChI=1S/C29H25N3O5/c1-35-19-9-7-18(8-10-19)28-27-21(20-4-2-3-5-22(20)30-27)13-23-29(34)31(15-26(33)32(23)28)14-17-6-11-24-25(12-17)37-16-36-24/h2-12,23,28,30H,13-16H2,1H3/t23-,28+/m0/s1. The lowest BCUT2D eigenvalue weighted by Crippen LogP contribution is -2.62. The van der Waals surface area contributed by atoms with Crippen LogP contribution < -0.4 is 14.2 Å². The molecule has 0 unspecified atom stereocenters. The van der Waals surface area contributed by atoms with Gasteiger partial charge in [-0.1, -0.05) is 36.4 Å². The molecule has 4 heterocycles. The Labute approximate surface area is 213 Å². The van der Waals surface area contributed by atoms with Crippen LogP contribution in [0.2, 0.25) is 0 Å². The Morgan fingerprint density at radius 3 is 2.65 bits per heavy atom. The zero-order valence-corrected chi connectivity index (χ0v) is 20.3. The van der Waals surface area contributed by atoms with Gasteiger partial charge in [0.2, 0.25) is 18.6 Å². The summed E-state index contributed by atoms with van der Waals surface area (Å²) in [4.78, 5) is 34.7. The lowest BCUT2D eigenvalue weighted by molar-refractivity contribution is -0.159. The summed E-state index contributed by atoms with van der Waals surface area (Å²) in [7, 11) is 1.63. The molecule has 2 atom stereocenters. The number of fused-ring (bicyclic) bond motifs is 5. The number of ether oxygens (including phenoxy) is 3. The van der Waals surface area contributed by atoms with E-state index in [1.807, 2.05) is 60.7 Å². The monoisotopic (exact) mass is 495 g/mol. The maximum atomic E-state index is 13.9. The topological polar surface area (TPSA) is 84.1 Å². The van der Waals surface area contributed by atoms with Crippen molar-refractivity contribution in [1.82, 2.24) is 14.8 Å². The molecule has 0 aliphatic carbocycles. The Bertz CT molecular complexity index is 1540. The van der Waals surface area contributed by atoms with Crippen LogP contribution in [0.25, 0.3) is 10.9 Å². The Balaban J connectivity index is 1.29. The molecule has 0 bridgehead atoms. The quantitative estimate of drug-likeness (QED) is 0.466. The van der Waals surface area contributed by atoms with Gasteiger partial charge in [0.1, 0.15) is 18.3 Å². The van der Waals surface area contributed by atoms with Crippen LogP contribution in [0.15, 0.2) is 66.7 Å². The fourth-order valence-corrected chi connectivity index (χ4v) is 5.85. The molecule has 1 N–H and O–H groups in total. The first-order valence-electron chi connectivity index (χ1n) is 12.3. The average molecular weight is 496 g/mol. The third-order valence-corrected chi connectivity index (χ3v) is 7.58. The van der Waals surface area contributed by atoms with Crippen LogP contribution >= 0.6 is 0 Å². The van der Waals surface area contributed by atoms with Crippen LogP contribution in [0.5, 0.6) is 17.2 Å². The van der Waals surface area contributed by atoms with E-state index in [0.717, 1.165) is 39.0 Å². The third-order valence-electron chi connectivity index (χ3n) is 7.58. The number of H-pyrrole nitrogens is 1. The van der Waals surface area contributed by atoms with E-state index < -0.39 is 12.1 Å². The highest BCUT2D eigenvalue weighted by molar-refractivity contribution is 5.97. The zero-order chi connectivity index (χ0) is 25.1. The van der Waals surface area contributed by atoms with Crippen molar-refractivity contribution in [3.63, 3.8) is 0 Å². The van der Waals surface area contributed by atoms with Crippen molar-refractivity contribution in [3.05, 3.63) is 89.1 Å². The molecule has 3 aromatic carbocycles. The molecule has 0 spiro atoms. The number of methoxy groups -OCH3 is 1. The van der Waals surface area contributed by atoms with E-state index in [1.165, 1.54) is 0 Å². The zero-order valence-electron chi connectivity index (χ0n) is 20.3. The molecule has 8 nitrogen and oxygen atoms in total. The number of nitrogens with zero attached hydrogens (tertiary/aromatic N) is 2. The molecule has 3 aliphatic rings. The lowest BCUT2D eigenvalue weighted by Gasteiger charge is -2.47. The molecule has 2 amide bonds. The van der Waals surface area contributed by atoms with Crippen LogP contribution in [-0.4, -0.2) is 53.1 Å². The molecule has 0 saturated carbocycles. The van der Waals surface area contributed by atoms with Crippen LogP contribution in [0.4, 0.5) is 0 Å². The van der Waals surface area contributed by atoms with Crippen molar-refractivity contribution in [1.29, 1.82) is 0 Å². The summed E-state index contributed by atoms with van der Waals surface area (Å²) >= 11 is 0. The van der Waals surface area contributed by atoms with E-state index >= 15 is 0 Å². The first kappa shape index (κ1) is 21.8. The number of para-hydroxylation sites is 1. The third kappa shape index (κ3) is 3.43. The molecular weight excluding hydrogens is 470 g/mol. The number of hydrogen-bond donors (Lipinski definition) is 1. The number of piperazine rings is 1. The molecule has 8 heteroatoms. The van der Waals surface area contributed by atoms with Crippen molar-refractivity contribution in [3.8, 4) is 17.2 Å². The second kappa shape index (κ2) is 8.30. The number of rotatable bonds is 4. The second-order valence-corrected chi connectivity index (χ2v) is 9.64. The molecule has 1 saturated heterocycles. The first-order chi connectivity index (χ1) is 18.1. The maximum Gasteiger partial charge on any atom is 0.246 e. The Hall–Kier alpha value is -4.46. The highest BCUT2D eigenvalue weighted by Gasteiger charge is 2.48. The molecule has 0 radical (unpaired) electrons. The van der Waals surface area contributed by atoms with Gasteiger partial charge in [-0.25, -0.2) is 0 Å². The maximum absolute atomic E-state index is 13.9. The minimum Gasteiger partial charge on any atom is -0.497 e. The fourth-order valence-electron chi connectivity index (χ4n) is 5.85. The number of aromatic nitrogens is 1. The average Bonchev–Trinajstić information content (AvgIpc) is 3.54. The summed E-state index contributed by atoms with van der Waals surface area (Å²) in [5, 5.41) is 1.09. The molecule has 1 aromatic heterocycles. The number of hydrogen-bond acceptors (Lipinski definition) is 5. The van der Waals surface area contributed by atoms with E-state index in [4.69, 9.17) is 14.2 Å². The number of amides is 2. The van der Waals surface area contributed by atoms with Gasteiger partial charge in [0.05, 0.1) is 13.2 Å². The molecule has 1 fully saturated rings. The molecule has 7 rings (SSSR count). The summed E-state index contributed by atoms with van der Waals surface area (Å²) < 4.78 is 16.3. The van der Waals surface area contributed by atoms with Gasteiger partial charge < -0.3 is 29.0 Å².